The maximum atomic E-state index is 14.4. The van der Waals surface area contributed by atoms with E-state index in [1.807, 2.05) is 35.9 Å². The summed E-state index contributed by atoms with van der Waals surface area (Å²) in [7, 11) is 3.89. The Morgan fingerprint density at radius 2 is 1.91 bits per heavy atom. The second-order valence-electron chi connectivity index (χ2n) is 9.40. The molecule has 1 aliphatic carbocycles. The summed E-state index contributed by atoms with van der Waals surface area (Å²) in [5.74, 6) is -0.799. The normalized spacial score (nSPS) is 14.8. The van der Waals surface area contributed by atoms with Crippen LogP contribution in [0.2, 0.25) is 0 Å². The summed E-state index contributed by atoms with van der Waals surface area (Å²) < 4.78 is 29.7. The second kappa shape index (κ2) is 10.4. The van der Waals surface area contributed by atoms with Gasteiger partial charge in [-0.3, -0.25) is 9.48 Å². The number of likely N-dealkylation sites (N-methyl/N-ethyl adjacent to an activating group) is 1. The van der Waals surface area contributed by atoms with E-state index in [2.05, 4.69) is 5.32 Å². The van der Waals surface area contributed by atoms with Crippen LogP contribution in [-0.4, -0.2) is 47.8 Å². The molecule has 0 unspecified atom stereocenters. The first kappa shape index (κ1) is 23.4. The molecule has 1 heterocycles. The van der Waals surface area contributed by atoms with E-state index in [1.165, 1.54) is 44.2 Å². The van der Waals surface area contributed by atoms with Gasteiger partial charge in [0.25, 0.3) is 5.91 Å². The van der Waals surface area contributed by atoms with E-state index in [-0.39, 0.29) is 12.3 Å². The molecule has 1 aliphatic rings. The molecule has 4 rings (SSSR count). The molecule has 0 spiro atoms. The second-order valence-corrected chi connectivity index (χ2v) is 9.40. The van der Waals surface area contributed by atoms with Gasteiger partial charge in [-0.2, -0.15) is 5.10 Å². The molecule has 7 heteroatoms. The number of halogens is 2. The van der Waals surface area contributed by atoms with Crippen LogP contribution in [0.1, 0.15) is 53.6 Å². The molecule has 0 bridgehead atoms. The lowest BCUT2D eigenvalue weighted by Crippen LogP contribution is -2.31. The lowest BCUT2D eigenvalue weighted by atomic mass is 9.89. The van der Waals surface area contributed by atoms with Crippen LogP contribution in [0.4, 0.5) is 8.78 Å². The first-order chi connectivity index (χ1) is 15.9. The molecule has 3 aromatic rings. The Balaban J connectivity index is 1.64. The van der Waals surface area contributed by atoms with Gasteiger partial charge < -0.3 is 10.2 Å². The number of aromatic nitrogens is 2. The molecule has 33 heavy (non-hydrogen) atoms. The maximum Gasteiger partial charge on any atom is 0.251 e. The minimum atomic E-state index is -0.614. The van der Waals surface area contributed by atoms with Gasteiger partial charge in [-0.15, -0.1) is 0 Å². The van der Waals surface area contributed by atoms with E-state index in [0.717, 1.165) is 23.5 Å². The molecule has 5 nitrogen and oxygen atoms in total. The third kappa shape index (κ3) is 5.96. The third-order valence-electron chi connectivity index (χ3n) is 6.43. The lowest BCUT2D eigenvalue weighted by molar-refractivity contribution is 0.0950. The van der Waals surface area contributed by atoms with Crippen molar-refractivity contribution in [3.63, 3.8) is 0 Å². The number of rotatable bonds is 8. The average molecular weight is 455 g/mol. The van der Waals surface area contributed by atoms with Gasteiger partial charge >= 0.3 is 0 Å². The van der Waals surface area contributed by atoms with E-state index in [4.69, 9.17) is 5.10 Å². The average Bonchev–Trinajstić information content (AvgIpc) is 3.16. The molecular weight excluding hydrogens is 422 g/mol. The Bertz CT molecular complexity index is 1120. The van der Waals surface area contributed by atoms with Gasteiger partial charge in [0.15, 0.2) is 0 Å². The molecule has 0 radical (unpaired) electrons. The van der Waals surface area contributed by atoms with Crippen molar-refractivity contribution < 1.29 is 13.6 Å². The van der Waals surface area contributed by atoms with E-state index < -0.39 is 11.6 Å². The van der Waals surface area contributed by atoms with Crippen molar-refractivity contribution in [3.05, 3.63) is 64.9 Å². The zero-order valence-corrected chi connectivity index (χ0v) is 19.4. The number of carbonyl (C=O) groups is 1. The number of amides is 1. The quantitative estimate of drug-likeness (QED) is 0.533. The molecule has 2 aromatic carbocycles. The Morgan fingerprint density at radius 3 is 2.64 bits per heavy atom. The number of hydrogen-bond donors (Lipinski definition) is 1. The minimum Gasteiger partial charge on any atom is -0.351 e. The fourth-order valence-electron chi connectivity index (χ4n) is 4.61. The van der Waals surface area contributed by atoms with E-state index in [9.17, 15) is 13.6 Å². The Morgan fingerprint density at radius 1 is 1.12 bits per heavy atom. The molecule has 0 atom stereocenters. The largest absolute Gasteiger partial charge is 0.351 e. The zero-order chi connectivity index (χ0) is 23.4. The number of carbonyl (C=O) groups excluding carboxylic acids is 1. The SMILES string of the molecule is CN(C)CCNC(=O)c1cc2nn(CC3CCCCC3)cc2cc1Cc1ccc(F)cc1F. The van der Waals surface area contributed by atoms with Crippen molar-refractivity contribution in [2.45, 2.75) is 45.1 Å². The van der Waals surface area contributed by atoms with Crippen molar-refractivity contribution in [1.82, 2.24) is 20.0 Å². The summed E-state index contributed by atoms with van der Waals surface area (Å²) in [4.78, 5) is 15.0. The summed E-state index contributed by atoms with van der Waals surface area (Å²) in [5, 5.41) is 8.61. The van der Waals surface area contributed by atoms with Crippen molar-refractivity contribution in [1.29, 1.82) is 0 Å². The lowest BCUT2D eigenvalue weighted by Gasteiger charge is -2.21. The highest BCUT2D eigenvalue weighted by Crippen LogP contribution is 2.27. The van der Waals surface area contributed by atoms with Crippen LogP contribution in [0.3, 0.4) is 0 Å². The topological polar surface area (TPSA) is 50.2 Å². The van der Waals surface area contributed by atoms with Crippen LogP contribution in [0.25, 0.3) is 10.9 Å². The van der Waals surface area contributed by atoms with Gasteiger partial charge in [-0.05, 0) is 62.2 Å². The van der Waals surface area contributed by atoms with Crippen molar-refractivity contribution in [3.8, 4) is 0 Å². The predicted molar refractivity (Wildman–Crippen MR) is 126 cm³/mol. The molecule has 0 saturated heterocycles. The van der Waals surface area contributed by atoms with Crippen LogP contribution in [0.15, 0.2) is 36.5 Å². The van der Waals surface area contributed by atoms with Gasteiger partial charge in [0, 0.05) is 49.3 Å². The van der Waals surface area contributed by atoms with Crippen LogP contribution in [0.5, 0.6) is 0 Å². The van der Waals surface area contributed by atoms with Gasteiger partial charge in [0.1, 0.15) is 11.6 Å². The first-order valence-electron chi connectivity index (χ1n) is 11.8. The van der Waals surface area contributed by atoms with E-state index >= 15 is 0 Å². The van der Waals surface area contributed by atoms with Gasteiger partial charge in [-0.25, -0.2) is 8.78 Å². The van der Waals surface area contributed by atoms with Crippen molar-refractivity contribution in [2.24, 2.45) is 5.92 Å². The van der Waals surface area contributed by atoms with Gasteiger partial charge in [-0.1, -0.05) is 25.3 Å². The summed E-state index contributed by atoms with van der Waals surface area (Å²) in [6, 6.07) is 7.29. The summed E-state index contributed by atoms with van der Waals surface area (Å²) >= 11 is 0. The number of nitrogens with zero attached hydrogens (tertiary/aromatic N) is 3. The van der Waals surface area contributed by atoms with Crippen LogP contribution < -0.4 is 5.32 Å². The molecule has 1 amide bonds. The fourth-order valence-corrected chi connectivity index (χ4v) is 4.61. The predicted octanol–water partition coefficient (Wildman–Crippen LogP) is 4.78. The summed E-state index contributed by atoms with van der Waals surface area (Å²) in [5.41, 5.74) is 2.29. The van der Waals surface area contributed by atoms with Crippen LogP contribution in [-0.2, 0) is 13.0 Å². The molecule has 1 aromatic heterocycles. The summed E-state index contributed by atoms with van der Waals surface area (Å²) in [6.45, 7) is 2.09. The highest BCUT2D eigenvalue weighted by atomic mass is 19.1. The van der Waals surface area contributed by atoms with E-state index in [1.54, 1.807) is 6.07 Å². The number of hydrogen-bond acceptors (Lipinski definition) is 3. The van der Waals surface area contributed by atoms with Gasteiger partial charge in [0.2, 0.25) is 0 Å². The Hall–Kier alpha value is -2.80. The van der Waals surface area contributed by atoms with Crippen molar-refractivity contribution >= 4 is 16.8 Å². The standard InChI is InChI=1S/C26H32F2N4O/c1-31(2)11-10-29-26(33)23-15-25-21(17-32(30-25)16-18-6-4-3-5-7-18)13-20(23)12-19-8-9-22(27)14-24(19)28/h8-9,13-15,17-18H,3-7,10-12,16H2,1-2H3,(H,29,33). The molecule has 1 fully saturated rings. The molecular formula is C26H32F2N4O. The molecule has 1 saturated carbocycles. The minimum absolute atomic E-state index is 0.201. The van der Waals surface area contributed by atoms with Crippen LogP contribution in [0, 0.1) is 17.6 Å². The highest BCUT2D eigenvalue weighted by molar-refractivity contribution is 5.99. The number of benzene rings is 2. The van der Waals surface area contributed by atoms with Crippen LogP contribution >= 0.6 is 0 Å². The Kier molecular flexibility index (Phi) is 7.38. The Labute approximate surface area is 193 Å². The fraction of sp³-hybridized carbons (Fsp3) is 0.462. The number of fused-ring (bicyclic) bond motifs is 1. The highest BCUT2D eigenvalue weighted by Gasteiger charge is 2.18. The first-order valence-corrected chi connectivity index (χ1v) is 11.8. The smallest absolute Gasteiger partial charge is 0.251 e. The van der Waals surface area contributed by atoms with E-state index in [0.29, 0.717) is 35.7 Å². The third-order valence-corrected chi connectivity index (χ3v) is 6.43. The maximum absolute atomic E-state index is 14.4. The molecule has 176 valence electrons. The molecule has 1 N–H and O–H groups in total. The van der Waals surface area contributed by atoms with Gasteiger partial charge in [0.05, 0.1) is 5.52 Å². The monoisotopic (exact) mass is 454 g/mol. The number of nitrogens with one attached hydrogen (secondary N) is 1. The zero-order valence-electron chi connectivity index (χ0n) is 19.4. The van der Waals surface area contributed by atoms with Crippen molar-refractivity contribution in [2.75, 3.05) is 27.2 Å². The summed E-state index contributed by atoms with van der Waals surface area (Å²) in [6.07, 6.45) is 8.53. The molecule has 0 aliphatic heterocycles.